The molecule has 1 aromatic carbocycles. The SMILES string of the molecule is CCCCc1ccc2nc(NC(=O)C3CCCO3)sc2c1. The second-order valence-electron chi connectivity index (χ2n) is 5.42. The maximum absolute atomic E-state index is 12.0. The van der Waals surface area contributed by atoms with Crippen LogP contribution in [0.3, 0.4) is 0 Å². The number of hydrogen-bond donors (Lipinski definition) is 1. The molecule has 0 aliphatic carbocycles. The molecule has 1 amide bonds. The lowest BCUT2D eigenvalue weighted by molar-refractivity contribution is -0.124. The van der Waals surface area contributed by atoms with Gasteiger partial charge in [0.05, 0.1) is 10.2 Å². The molecule has 3 rings (SSSR count). The summed E-state index contributed by atoms with van der Waals surface area (Å²) in [5.74, 6) is -0.0715. The Morgan fingerprint density at radius 3 is 3.19 bits per heavy atom. The zero-order valence-corrected chi connectivity index (χ0v) is 13.0. The Kier molecular flexibility index (Phi) is 4.51. The minimum absolute atomic E-state index is 0.0715. The van der Waals surface area contributed by atoms with Crippen LogP contribution in [0.4, 0.5) is 5.13 Å². The molecule has 0 radical (unpaired) electrons. The normalized spacial score (nSPS) is 18.2. The van der Waals surface area contributed by atoms with Crippen molar-refractivity contribution in [2.45, 2.75) is 45.1 Å². The monoisotopic (exact) mass is 304 g/mol. The number of aromatic nitrogens is 1. The molecule has 0 spiro atoms. The van der Waals surface area contributed by atoms with Crippen molar-refractivity contribution in [3.8, 4) is 0 Å². The van der Waals surface area contributed by atoms with Crippen LogP contribution in [0.15, 0.2) is 18.2 Å². The van der Waals surface area contributed by atoms with E-state index in [1.54, 1.807) is 0 Å². The highest BCUT2D eigenvalue weighted by atomic mass is 32.1. The first-order chi connectivity index (χ1) is 10.3. The van der Waals surface area contributed by atoms with Crippen molar-refractivity contribution in [2.75, 3.05) is 11.9 Å². The highest BCUT2D eigenvalue weighted by Crippen LogP contribution is 2.28. The Bertz CT molecular complexity index is 632. The van der Waals surface area contributed by atoms with Gasteiger partial charge in [-0.2, -0.15) is 0 Å². The fraction of sp³-hybridized carbons (Fsp3) is 0.500. The van der Waals surface area contributed by atoms with Gasteiger partial charge in [0.2, 0.25) is 0 Å². The maximum Gasteiger partial charge on any atom is 0.255 e. The third-order valence-corrected chi connectivity index (χ3v) is 4.66. The van der Waals surface area contributed by atoms with Crippen molar-refractivity contribution in [1.82, 2.24) is 4.98 Å². The topological polar surface area (TPSA) is 51.2 Å². The number of carbonyl (C=O) groups is 1. The summed E-state index contributed by atoms with van der Waals surface area (Å²) in [6.07, 6.45) is 4.95. The summed E-state index contributed by atoms with van der Waals surface area (Å²) in [7, 11) is 0. The molecule has 0 bridgehead atoms. The van der Waals surface area contributed by atoms with Crippen molar-refractivity contribution in [3.63, 3.8) is 0 Å². The number of nitrogens with one attached hydrogen (secondary N) is 1. The second kappa shape index (κ2) is 6.54. The minimum Gasteiger partial charge on any atom is -0.368 e. The predicted octanol–water partition coefficient (Wildman–Crippen LogP) is 3.76. The van der Waals surface area contributed by atoms with Crippen LogP contribution in [0, 0.1) is 0 Å². The Balaban J connectivity index is 1.72. The number of thiazole rings is 1. The number of fused-ring (bicyclic) bond motifs is 1. The van der Waals surface area contributed by atoms with Crippen LogP contribution < -0.4 is 5.32 Å². The van der Waals surface area contributed by atoms with Gasteiger partial charge in [-0.05, 0) is 43.4 Å². The zero-order valence-electron chi connectivity index (χ0n) is 12.2. The number of rotatable bonds is 5. The number of carbonyl (C=O) groups excluding carboxylic acids is 1. The van der Waals surface area contributed by atoms with E-state index in [4.69, 9.17) is 4.74 Å². The number of anilines is 1. The predicted molar refractivity (Wildman–Crippen MR) is 85.8 cm³/mol. The molecule has 1 aromatic heterocycles. The average molecular weight is 304 g/mol. The molecule has 1 saturated heterocycles. The summed E-state index contributed by atoms with van der Waals surface area (Å²) in [5, 5.41) is 3.54. The molecular weight excluding hydrogens is 284 g/mol. The summed E-state index contributed by atoms with van der Waals surface area (Å²) < 4.78 is 6.52. The number of ether oxygens (including phenoxy) is 1. The van der Waals surface area contributed by atoms with Gasteiger partial charge < -0.3 is 4.74 Å². The molecular formula is C16H20N2O2S. The second-order valence-corrected chi connectivity index (χ2v) is 6.45. The van der Waals surface area contributed by atoms with Crippen molar-refractivity contribution < 1.29 is 9.53 Å². The van der Waals surface area contributed by atoms with E-state index in [2.05, 4.69) is 29.4 Å². The Hall–Kier alpha value is -1.46. The van der Waals surface area contributed by atoms with Gasteiger partial charge in [-0.3, -0.25) is 10.1 Å². The summed E-state index contributed by atoms with van der Waals surface area (Å²) in [5.41, 5.74) is 2.29. The first-order valence-electron chi connectivity index (χ1n) is 7.58. The van der Waals surface area contributed by atoms with E-state index in [0.29, 0.717) is 11.7 Å². The van der Waals surface area contributed by atoms with E-state index in [1.165, 1.54) is 29.7 Å². The molecule has 21 heavy (non-hydrogen) atoms. The van der Waals surface area contributed by atoms with Crippen LogP contribution >= 0.6 is 11.3 Å². The first-order valence-corrected chi connectivity index (χ1v) is 8.40. The third-order valence-electron chi connectivity index (χ3n) is 3.72. The molecule has 4 nitrogen and oxygen atoms in total. The van der Waals surface area contributed by atoms with Gasteiger partial charge in [0.15, 0.2) is 5.13 Å². The van der Waals surface area contributed by atoms with E-state index >= 15 is 0 Å². The molecule has 0 saturated carbocycles. The van der Waals surface area contributed by atoms with Crippen LogP contribution in [-0.4, -0.2) is 23.6 Å². The molecule has 1 aliphatic heterocycles. The smallest absolute Gasteiger partial charge is 0.255 e. The van der Waals surface area contributed by atoms with Crippen LogP contribution in [0.1, 0.15) is 38.2 Å². The number of amides is 1. The summed E-state index contributed by atoms with van der Waals surface area (Å²) in [6.45, 7) is 2.88. The van der Waals surface area contributed by atoms with Crippen LogP contribution in [0.2, 0.25) is 0 Å². The van der Waals surface area contributed by atoms with Gasteiger partial charge in [-0.15, -0.1) is 0 Å². The first kappa shape index (κ1) is 14.5. The van der Waals surface area contributed by atoms with E-state index in [9.17, 15) is 4.79 Å². The lowest BCUT2D eigenvalue weighted by Gasteiger charge is -2.07. The van der Waals surface area contributed by atoms with E-state index in [0.717, 1.165) is 29.5 Å². The van der Waals surface area contributed by atoms with Gasteiger partial charge in [-0.25, -0.2) is 4.98 Å². The number of benzene rings is 1. The molecule has 112 valence electrons. The molecule has 5 heteroatoms. The molecule has 1 aliphatic rings. The molecule has 1 N–H and O–H groups in total. The summed E-state index contributed by atoms with van der Waals surface area (Å²) >= 11 is 1.53. The number of nitrogens with zero attached hydrogens (tertiary/aromatic N) is 1. The number of aryl methyl sites for hydroxylation is 1. The van der Waals surface area contributed by atoms with Gasteiger partial charge in [0.1, 0.15) is 6.10 Å². The average Bonchev–Trinajstić information content (AvgIpc) is 3.13. The van der Waals surface area contributed by atoms with Crippen LogP contribution in [0.25, 0.3) is 10.2 Å². The van der Waals surface area contributed by atoms with E-state index in [-0.39, 0.29) is 12.0 Å². The number of hydrogen-bond acceptors (Lipinski definition) is 4. The highest BCUT2D eigenvalue weighted by molar-refractivity contribution is 7.22. The maximum atomic E-state index is 12.0. The van der Waals surface area contributed by atoms with Crippen molar-refractivity contribution in [2.24, 2.45) is 0 Å². The van der Waals surface area contributed by atoms with Crippen molar-refractivity contribution >= 4 is 32.6 Å². The minimum atomic E-state index is -0.308. The lowest BCUT2D eigenvalue weighted by atomic mass is 10.1. The number of unbranched alkanes of at least 4 members (excludes halogenated alkanes) is 1. The van der Waals surface area contributed by atoms with Gasteiger partial charge >= 0.3 is 0 Å². The van der Waals surface area contributed by atoms with Gasteiger partial charge in [0, 0.05) is 6.61 Å². The van der Waals surface area contributed by atoms with E-state index in [1.807, 2.05) is 6.07 Å². The van der Waals surface area contributed by atoms with Crippen LogP contribution in [-0.2, 0) is 16.0 Å². The zero-order chi connectivity index (χ0) is 14.7. The van der Waals surface area contributed by atoms with Crippen LogP contribution in [0.5, 0.6) is 0 Å². The molecule has 2 heterocycles. The molecule has 2 aromatic rings. The quantitative estimate of drug-likeness (QED) is 0.915. The van der Waals surface area contributed by atoms with Crippen molar-refractivity contribution in [3.05, 3.63) is 23.8 Å². The Labute approximate surface area is 128 Å². The van der Waals surface area contributed by atoms with Gasteiger partial charge in [0.25, 0.3) is 5.91 Å². The Morgan fingerprint density at radius 2 is 2.43 bits per heavy atom. The lowest BCUT2D eigenvalue weighted by Crippen LogP contribution is -2.26. The summed E-state index contributed by atoms with van der Waals surface area (Å²) in [4.78, 5) is 16.5. The largest absolute Gasteiger partial charge is 0.368 e. The molecule has 1 atom stereocenters. The van der Waals surface area contributed by atoms with Gasteiger partial charge in [-0.1, -0.05) is 30.7 Å². The van der Waals surface area contributed by atoms with E-state index < -0.39 is 0 Å². The standard InChI is InChI=1S/C16H20N2O2S/c1-2-3-5-11-7-8-12-14(10-11)21-16(17-12)18-15(19)13-6-4-9-20-13/h7-8,10,13H,2-6,9H2,1H3,(H,17,18,19). The fourth-order valence-corrected chi connectivity index (χ4v) is 3.46. The molecule has 1 unspecified atom stereocenters. The third kappa shape index (κ3) is 3.41. The Morgan fingerprint density at radius 1 is 1.52 bits per heavy atom. The highest BCUT2D eigenvalue weighted by Gasteiger charge is 2.24. The molecule has 1 fully saturated rings. The summed E-state index contributed by atoms with van der Waals surface area (Å²) in [6, 6.07) is 6.35. The fourth-order valence-electron chi connectivity index (χ4n) is 2.53. The van der Waals surface area contributed by atoms with Crippen molar-refractivity contribution in [1.29, 1.82) is 0 Å².